The Labute approximate surface area is 119 Å². The molecule has 0 radical (unpaired) electrons. The molecule has 0 aliphatic carbocycles. The van der Waals surface area contributed by atoms with Crippen LogP contribution in [0.15, 0.2) is 29.2 Å². The van der Waals surface area contributed by atoms with Gasteiger partial charge in [0.1, 0.15) is 0 Å². The zero-order valence-corrected chi connectivity index (χ0v) is 12.6. The molecule has 2 atom stereocenters. The Morgan fingerprint density at radius 1 is 1.37 bits per heavy atom. The van der Waals surface area contributed by atoms with Gasteiger partial charge < -0.3 is 9.64 Å². The van der Waals surface area contributed by atoms with E-state index in [1.807, 2.05) is 18.7 Å². The largest absolute Gasteiger partial charge is 0.375 e. The van der Waals surface area contributed by atoms with Gasteiger partial charge >= 0.3 is 0 Å². The van der Waals surface area contributed by atoms with E-state index >= 15 is 0 Å². The summed E-state index contributed by atoms with van der Waals surface area (Å²) in [5, 5.41) is 0. The lowest BCUT2D eigenvalue weighted by atomic mass is 10.2. The summed E-state index contributed by atoms with van der Waals surface area (Å²) in [5.74, 6) is 0.702. The molecule has 1 fully saturated rings. The SMILES string of the molecule is Cc1ccc(SCC(=O)N2CC(C)OCC2C)cc1. The molecule has 19 heavy (non-hydrogen) atoms. The highest BCUT2D eigenvalue weighted by Crippen LogP contribution is 2.20. The minimum atomic E-state index is 0.143. The molecule has 1 saturated heterocycles. The third-order valence-corrected chi connectivity index (χ3v) is 4.31. The van der Waals surface area contributed by atoms with E-state index in [2.05, 4.69) is 31.2 Å². The highest BCUT2D eigenvalue weighted by atomic mass is 32.2. The van der Waals surface area contributed by atoms with Crippen molar-refractivity contribution in [3.63, 3.8) is 0 Å². The van der Waals surface area contributed by atoms with Gasteiger partial charge in [0.05, 0.1) is 24.5 Å². The average molecular weight is 279 g/mol. The lowest BCUT2D eigenvalue weighted by molar-refractivity contribution is -0.140. The number of carbonyl (C=O) groups is 1. The fourth-order valence-corrected chi connectivity index (χ4v) is 2.90. The van der Waals surface area contributed by atoms with E-state index in [1.165, 1.54) is 5.56 Å². The lowest BCUT2D eigenvalue weighted by Crippen LogP contribution is -2.50. The van der Waals surface area contributed by atoms with Crippen LogP contribution in [0.3, 0.4) is 0 Å². The summed E-state index contributed by atoms with van der Waals surface area (Å²) in [5.41, 5.74) is 1.24. The summed E-state index contributed by atoms with van der Waals surface area (Å²) in [6.45, 7) is 7.46. The van der Waals surface area contributed by atoms with Gasteiger partial charge in [-0.3, -0.25) is 4.79 Å². The molecule has 3 nitrogen and oxygen atoms in total. The second-order valence-corrected chi connectivity index (χ2v) is 6.19. The summed E-state index contributed by atoms with van der Waals surface area (Å²) >= 11 is 1.60. The number of carbonyl (C=O) groups excluding carboxylic acids is 1. The standard InChI is InChI=1S/C15H21NO2S/c1-11-4-6-14(7-5-11)19-10-15(17)16-8-13(3)18-9-12(16)2/h4-7,12-13H,8-10H2,1-3H3. The number of aryl methyl sites for hydroxylation is 1. The van der Waals surface area contributed by atoms with Crippen molar-refractivity contribution in [1.82, 2.24) is 4.90 Å². The maximum Gasteiger partial charge on any atom is 0.233 e. The molecule has 104 valence electrons. The topological polar surface area (TPSA) is 29.5 Å². The average Bonchev–Trinajstić information content (AvgIpc) is 2.40. The molecule has 2 unspecified atom stereocenters. The van der Waals surface area contributed by atoms with Crippen LogP contribution in [0, 0.1) is 6.92 Å². The normalized spacial score (nSPS) is 23.4. The molecular formula is C15H21NO2S. The fourth-order valence-electron chi connectivity index (χ4n) is 2.11. The number of rotatable bonds is 3. The zero-order chi connectivity index (χ0) is 13.8. The lowest BCUT2D eigenvalue weighted by Gasteiger charge is -2.36. The molecule has 1 aliphatic heterocycles. The predicted octanol–water partition coefficient (Wildman–Crippen LogP) is 2.72. The van der Waals surface area contributed by atoms with E-state index in [0.717, 1.165) is 4.90 Å². The first-order chi connectivity index (χ1) is 9.06. The summed E-state index contributed by atoms with van der Waals surface area (Å²) < 4.78 is 5.55. The molecule has 1 amide bonds. The number of benzene rings is 1. The van der Waals surface area contributed by atoms with Gasteiger partial charge in [-0.05, 0) is 32.9 Å². The van der Waals surface area contributed by atoms with Crippen molar-refractivity contribution >= 4 is 17.7 Å². The molecule has 0 N–H and O–H groups in total. The van der Waals surface area contributed by atoms with Crippen LogP contribution in [-0.4, -0.2) is 41.9 Å². The predicted molar refractivity (Wildman–Crippen MR) is 78.5 cm³/mol. The van der Waals surface area contributed by atoms with Gasteiger partial charge in [-0.2, -0.15) is 0 Å². The van der Waals surface area contributed by atoms with Crippen LogP contribution in [0.2, 0.25) is 0 Å². The van der Waals surface area contributed by atoms with Crippen molar-refractivity contribution in [3.05, 3.63) is 29.8 Å². The first-order valence-electron chi connectivity index (χ1n) is 6.67. The van der Waals surface area contributed by atoms with Gasteiger partial charge in [0, 0.05) is 11.4 Å². The number of nitrogens with zero attached hydrogens (tertiary/aromatic N) is 1. The van der Waals surface area contributed by atoms with Crippen LogP contribution >= 0.6 is 11.8 Å². The zero-order valence-electron chi connectivity index (χ0n) is 11.8. The first kappa shape index (κ1) is 14.4. The Morgan fingerprint density at radius 3 is 2.74 bits per heavy atom. The minimum absolute atomic E-state index is 0.143. The van der Waals surface area contributed by atoms with Crippen LogP contribution in [0.25, 0.3) is 0 Å². The van der Waals surface area contributed by atoms with Crippen LogP contribution < -0.4 is 0 Å². The molecule has 1 aliphatic rings. The molecule has 0 aromatic heterocycles. The third-order valence-electron chi connectivity index (χ3n) is 3.31. The van der Waals surface area contributed by atoms with Gasteiger partial charge in [0.15, 0.2) is 0 Å². The second-order valence-electron chi connectivity index (χ2n) is 5.14. The van der Waals surface area contributed by atoms with Crippen molar-refractivity contribution in [2.24, 2.45) is 0 Å². The fraction of sp³-hybridized carbons (Fsp3) is 0.533. The van der Waals surface area contributed by atoms with E-state index in [1.54, 1.807) is 11.8 Å². The molecule has 0 spiro atoms. The van der Waals surface area contributed by atoms with Gasteiger partial charge in [-0.25, -0.2) is 0 Å². The van der Waals surface area contributed by atoms with Crippen LogP contribution in [-0.2, 0) is 9.53 Å². The molecule has 1 aromatic rings. The van der Waals surface area contributed by atoms with Crippen LogP contribution in [0.4, 0.5) is 0 Å². The number of amides is 1. The number of hydrogen-bond donors (Lipinski definition) is 0. The molecule has 0 saturated carbocycles. The molecular weight excluding hydrogens is 258 g/mol. The monoisotopic (exact) mass is 279 g/mol. The Kier molecular flexibility index (Phi) is 4.88. The summed E-state index contributed by atoms with van der Waals surface area (Å²) in [6, 6.07) is 8.47. The van der Waals surface area contributed by atoms with Crippen LogP contribution in [0.5, 0.6) is 0 Å². The summed E-state index contributed by atoms with van der Waals surface area (Å²) in [7, 11) is 0. The van der Waals surface area contributed by atoms with Crippen molar-refractivity contribution in [2.45, 2.75) is 37.8 Å². The van der Waals surface area contributed by atoms with E-state index in [-0.39, 0.29) is 18.1 Å². The highest BCUT2D eigenvalue weighted by Gasteiger charge is 2.27. The summed E-state index contributed by atoms with van der Waals surface area (Å²) in [4.78, 5) is 15.3. The molecule has 1 aromatic carbocycles. The van der Waals surface area contributed by atoms with Crippen molar-refractivity contribution in [3.8, 4) is 0 Å². The third kappa shape index (κ3) is 3.98. The number of morpholine rings is 1. The van der Waals surface area contributed by atoms with Gasteiger partial charge in [0.2, 0.25) is 5.91 Å². The van der Waals surface area contributed by atoms with Crippen LogP contribution in [0.1, 0.15) is 19.4 Å². The maximum atomic E-state index is 12.2. The van der Waals surface area contributed by atoms with Gasteiger partial charge in [-0.15, -0.1) is 11.8 Å². The Balaban J connectivity index is 1.88. The van der Waals surface area contributed by atoms with E-state index in [0.29, 0.717) is 18.9 Å². The van der Waals surface area contributed by atoms with E-state index < -0.39 is 0 Å². The Bertz CT molecular complexity index is 432. The number of ether oxygens (including phenoxy) is 1. The first-order valence-corrected chi connectivity index (χ1v) is 7.65. The molecule has 4 heteroatoms. The van der Waals surface area contributed by atoms with Crippen molar-refractivity contribution in [1.29, 1.82) is 0 Å². The Morgan fingerprint density at radius 2 is 2.05 bits per heavy atom. The van der Waals surface area contributed by atoms with E-state index in [9.17, 15) is 4.79 Å². The maximum absolute atomic E-state index is 12.2. The Hall–Kier alpha value is -1.00. The minimum Gasteiger partial charge on any atom is -0.375 e. The highest BCUT2D eigenvalue weighted by molar-refractivity contribution is 8.00. The smallest absolute Gasteiger partial charge is 0.233 e. The van der Waals surface area contributed by atoms with Crippen molar-refractivity contribution < 1.29 is 9.53 Å². The molecule has 2 rings (SSSR count). The number of hydrogen-bond acceptors (Lipinski definition) is 3. The van der Waals surface area contributed by atoms with E-state index in [4.69, 9.17) is 4.74 Å². The second kappa shape index (κ2) is 6.44. The van der Waals surface area contributed by atoms with Gasteiger partial charge in [-0.1, -0.05) is 17.7 Å². The van der Waals surface area contributed by atoms with Crippen molar-refractivity contribution in [2.75, 3.05) is 18.9 Å². The number of thioether (sulfide) groups is 1. The molecule has 0 bridgehead atoms. The van der Waals surface area contributed by atoms with Gasteiger partial charge in [0.25, 0.3) is 0 Å². The molecule has 1 heterocycles. The quantitative estimate of drug-likeness (QED) is 0.797. The summed E-state index contributed by atoms with van der Waals surface area (Å²) in [6.07, 6.45) is 0.143.